The highest BCUT2D eigenvalue weighted by Crippen LogP contribution is 2.31. The zero-order chi connectivity index (χ0) is 41.7. The maximum atomic E-state index is 12.9. The Balaban J connectivity index is 0.000000209. The van der Waals surface area contributed by atoms with Crippen molar-refractivity contribution in [3.05, 3.63) is 188 Å². The Labute approximate surface area is 323 Å². The van der Waals surface area contributed by atoms with Crippen molar-refractivity contribution in [1.82, 2.24) is 0 Å². The number of phenolic OH excluding ortho intramolecular Hbond substituents is 1. The van der Waals surface area contributed by atoms with Crippen LogP contribution in [0.25, 0.3) is 0 Å². The smallest absolute Gasteiger partial charge is 0.314 e. The van der Waals surface area contributed by atoms with Gasteiger partial charge in [-0.05, 0) is 78.4 Å². The number of methoxy groups -OCH3 is 2. The van der Waals surface area contributed by atoms with Crippen molar-refractivity contribution >= 4 is 23.9 Å². The lowest BCUT2D eigenvalue weighted by Gasteiger charge is -2.09. The number of nitrogens with zero attached hydrogens (tertiary/aromatic N) is 2. The average Bonchev–Trinajstić information content (AvgIpc) is 3.23. The third-order valence-electron chi connectivity index (χ3n) is 7.14. The molecule has 6 aromatic carbocycles. The highest BCUT2D eigenvalue weighted by molar-refractivity contribution is 5.80. The van der Waals surface area contributed by atoms with E-state index in [0.717, 1.165) is 30.0 Å². The maximum absolute atomic E-state index is 12.9. The molecule has 13 nitrogen and oxygen atoms in total. The number of aromatic hydroxyl groups is 1. The SMILES string of the molecule is COc1ccc(O)c(C=O)c1.COc1ccc(OCc2ccccc2)c(C=O)c1.O=[N+]([O-])c1cc(F)ccc1F.O=[N+]([O-])c1cc(F)ccc1Oc1ccccc1. The van der Waals surface area contributed by atoms with Crippen LogP contribution >= 0.6 is 0 Å². The third kappa shape index (κ3) is 14.2. The van der Waals surface area contributed by atoms with Crippen molar-refractivity contribution in [1.29, 1.82) is 0 Å². The van der Waals surface area contributed by atoms with Crippen molar-refractivity contribution in [2.75, 3.05) is 14.2 Å². The minimum atomic E-state index is -1.03. The molecule has 0 saturated heterocycles. The molecular formula is C41H33F3N2O11. The first-order valence-corrected chi connectivity index (χ1v) is 16.3. The lowest BCUT2D eigenvalue weighted by atomic mass is 10.2. The molecule has 0 aliphatic rings. The molecule has 0 heterocycles. The van der Waals surface area contributed by atoms with Gasteiger partial charge < -0.3 is 24.1 Å². The second-order valence-electron chi connectivity index (χ2n) is 11.0. The molecule has 0 radical (unpaired) electrons. The Hall–Kier alpha value is -7.75. The van der Waals surface area contributed by atoms with E-state index in [1.165, 1.54) is 25.3 Å². The van der Waals surface area contributed by atoms with Gasteiger partial charge in [-0.2, -0.15) is 4.39 Å². The Morgan fingerprint density at radius 1 is 0.596 bits per heavy atom. The lowest BCUT2D eigenvalue weighted by molar-refractivity contribution is -0.387. The molecule has 1 N–H and O–H groups in total. The van der Waals surface area contributed by atoms with Crippen molar-refractivity contribution < 1.29 is 56.7 Å². The predicted octanol–water partition coefficient (Wildman–Crippen LogP) is 9.70. The van der Waals surface area contributed by atoms with Gasteiger partial charge in [0.1, 0.15) is 47.0 Å². The third-order valence-corrected chi connectivity index (χ3v) is 7.14. The summed E-state index contributed by atoms with van der Waals surface area (Å²) in [6.45, 7) is 0.439. The standard InChI is InChI=1S/C15H14O3.C12H8FNO3.C8H8O3.C6H3F2NO2/c1-17-14-7-8-15(13(9-14)10-16)18-11-12-5-3-2-4-6-12;13-9-6-7-12(11(8-9)14(15)16)17-10-4-2-1-3-5-10;1-11-7-2-3-8(10)6(4-7)5-9;7-4-1-2-5(8)6(3-4)9(10)11/h2-10H,11H2,1H3;1-8H;2-5,10H,1H3;1-3H. The van der Waals surface area contributed by atoms with Crippen molar-refractivity contribution in [3.8, 4) is 34.5 Å². The van der Waals surface area contributed by atoms with Crippen LogP contribution < -0.4 is 18.9 Å². The number of nitro benzene ring substituents is 2. The molecule has 6 rings (SSSR count). The van der Waals surface area contributed by atoms with Crippen LogP contribution in [0.1, 0.15) is 26.3 Å². The number of benzene rings is 6. The average molecular weight is 787 g/mol. The first-order chi connectivity index (χ1) is 27.4. The summed E-state index contributed by atoms with van der Waals surface area (Å²) in [5.41, 5.74) is 0.554. The molecule has 0 aliphatic heterocycles. The van der Waals surface area contributed by atoms with E-state index in [0.29, 0.717) is 53.6 Å². The number of carbonyl (C=O) groups is 2. The molecule has 0 aromatic heterocycles. The zero-order valence-electron chi connectivity index (χ0n) is 30.1. The van der Waals surface area contributed by atoms with Gasteiger partial charge in [0, 0.05) is 0 Å². The summed E-state index contributed by atoms with van der Waals surface area (Å²) in [6.07, 6.45) is 1.35. The number of hydrogen-bond donors (Lipinski definition) is 1. The number of phenols is 1. The van der Waals surface area contributed by atoms with E-state index in [4.69, 9.17) is 24.1 Å². The molecule has 0 unspecified atom stereocenters. The molecule has 0 aliphatic carbocycles. The van der Waals surface area contributed by atoms with Gasteiger partial charge in [-0.3, -0.25) is 29.8 Å². The number of rotatable bonds is 11. The van der Waals surface area contributed by atoms with E-state index in [-0.39, 0.29) is 17.1 Å². The van der Waals surface area contributed by atoms with Gasteiger partial charge in [-0.15, -0.1) is 0 Å². The molecule has 57 heavy (non-hydrogen) atoms. The summed E-state index contributed by atoms with van der Waals surface area (Å²) < 4.78 is 58.4. The summed E-state index contributed by atoms with van der Waals surface area (Å²) >= 11 is 0. The number of carbonyl (C=O) groups excluding carboxylic acids is 2. The minimum absolute atomic E-state index is 0.0163. The Morgan fingerprint density at radius 2 is 1.11 bits per heavy atom. The Bertz CT molecular complexity index is 2260. The summed E-state index contributed by atoms with van der Waals surface area (Å²) in [7, 11) is 3.06. The van der Waals surface area contributed by atoms with Crippen LogP contribution in [0.3, 0.4) is 0 Å². The zero-order valence-corrected chi connectivity index (χ0v) is 30.1. The monoisotopic (exact) mass is 786 g/mol. The molecule has 0 bridgehead atoms. The van der Waals surface area contributed by atoms with Crippen LogP contribution in [0, 0.1) is 37.7 Å². The van der Waals surface area contributed by atoms with Gasteiger partial charge in [0.15, 0.2) is 12.6 Å². The van der Waals surface area contributed by atoms with Crippen LogP contribution in [0.4, 0.5) is 24.5 Å². The number of para-hydroxylation sites is 1. The second-order valence-corrected chi connectivity index (χ2v) is 11.0. The fraction of sp³-hybridized carbons (Fsp3) is 0.0732. The summed E-state index contributed by atoms with van der Waals surface area (Å²) in [5, 5.41) is 29.7. The van der Waals surface area contributed by atoms with Crippen LogP contribution in [0.5, 0.6) is 34.5 Å². The van der Waals surface area contributed by atoms with Crippen molar-refractivity contribution in [2.45, 2.75) is 6.61 Å². The van der Waals surface area contributed by atoms with Gasteiger partial charge in [0.25, 0.3) is 0 Å². The molecule has 6 aromatic rings. The number of hydrogen-bond acceptors (Lipinski definition) is 11. The summed E-state index contributed by atoms with van der Waals surface area (Å²) in [5.74, 6) is -0.305. The topological polar surface area (TPSA) is 178 Å². The molecular weight excluding hydrogens is 753 g/mol. The fourth-order valence-corrected chi connectivity index (χ4v) is 4.33. The largest absolute Gasteiger partial charge is 0.507 e. The molecule has 0 amide bonds. The van der Waals surface area contributed by atoms with E-state index < -0.39 is 38.7 Å². The number of ether oxygens (including phenoxy) is 4. The van der Waals surface area contributed by atoms with Crippen LogP contribution in [-0.4, -0.2) is 41.7 Å². The highest BCUT2D eigenvalue weighted by Gasteiger charge is 2.17. The first kappa shape index (κ1) is 43.7. The number of halogens is 3. The van der Waals surface area contributed by atoms with Crippen molar-refractivity contribution in [3.63, 3.8) is 0 Å². The Kier molecular flexibility index (Phi) is 17.2. The second kappa shape index (κ2) is 22.5. The highest BCUT2D eigenvalue weighted by atomic mass is 19.1. The molecule has 0 saturated carbocycles. The van der Waals surface area contributed by atoms with Gasteiger partial charge in [-0.25, -0.2) is 8.78 Å². The molecule has 0 atom stereocenters. The molecule has 0 fully saturated rings. The maximum Gasteiger partial charge on any atom is 0.314 e. The Morgan fingerprint density at radius 3 is 1.65 bits per heavy atom. The number of aldehydes is 2. The van der Waals surface area contributed by atoms with E-state index in [9.17, 15) is 43.0 Å². The normalized spacial score (nSPS) is 9.70. The summed E-state index contributed by atoms with van der Waals surface area (Å²) in [6, 6.07) is 33.3. The van der Waals surface area contributed by atoms with E-state index in [2.05, 4.69) is 0 Å². The van der Waals surface area contributed by atoms with Gasteiger partial charge in [0.05, 0.1) is 47.3 Å². The van der Waals surface area contributed by atoms with Crippen LogP contribution in [0.15, 0.2) is 133 Å². The number of nitro groups is 2. The van der Waals surface area contributed by atoms with E-state index in [1.54, 1.807) is 61.7 Å². The van der Waals surface area contributed by atoms with Crippen molar-refractivity contribution in [2.24, 2.45) is 0 Å². The summed E-state index contributed by atoms with van der Waals surface area (Å²) in [4.78, 5) is 40.3. The minimum Gasteiger partial charge on any atom is -0.507 e. The van der Waals surface area contributed by atoms with Gasteiger partial charge >= 0.3 is 11.4 Å². The molecule has 294 valence electrons. The van der Waals surface area contributed by atoms with Crippen LogP contribution in [-0.2, 0) is 6.61 Å². The van der Waals surface area contributed by atoms with E-state index >= 15 is 0 Å². The first-order valence-electron chi connectivity index (χ1n) is 16.3. The lowest BCUT2D eigenvalue weighted by Crippen LogP contribution is -1.98. The molecule has 16 heteroatoms. The van der Waals surface area contributed by atoms with E-state index in [1.807, 2.05) is 30.3 Å². The quantitative estimate of drug-likeness (QED) is 0.0751. The molecule has 0 spiro atoms. The fourth-order valence-electron chi connectivity index (χ4n) is 4.33. The van der Waals surface area contributed by atoms with Gasteiger partial charge in [-0.1, -0.05) is 48.5 Å². The van der Waals surface area contributed by atoms with Gasteiger partial charge in [0.2, 0.25) is 11.6 Å². The van der Waals surface area contributed by atoms with Crippen LogP contribution in [0.2, 0.25) is 0 Å². The predicted molar refractivity (Wildman–Crippen MR) is 202 cm³/mol.